The average molecular weight is 596 g/mol. The molecule has 45 heavy (non-hydrogen) atoms. The molecule has 7 rings (SSSR count). The lowest BCUT2D eigenvalue weighted by Gasteiger charge is -2.14. The fourth-order valence-electron chi connectivity index (χ4n) is 6.04. The highest BCUT2D eigenvalue weighted by atomic mass is 32.1. The summed E-state index contributed by atoms with van der Waals surface area (Å²) in [5, 5.41) is 2.66. The third-order valence-electron chi connectivity index (χ3n) is 8.45. The summed E-state index contributed by atoms with van der Waals surface area (Å²) in [6, 6.07) is 51.5. The Bertz CT molecular complexity index is 2220. The molecule has 0 saturated heterocycles. The Balaban J connectivity index is 1.21. The molecule has 6 aromatic carbocycles. The van der Waals surface area contributed by atoms with Gasteiger partial charge < -0.3 is 0 Å². The van der Waals surface area contributed by atoms with Crippen molar-refractivity contribution in [3.05, 3.63) is 181 Å². The molecular formula is C43H33NS. The van der Waals surface area contributed by atoms with E-state index in [-0.39, 0.29) is 0 Å². The molecule has 0 atom stereocenters. The average Bonchev–Trinajstić information content (AvgIpc) is 3.47. The van der Waals surface area contributed by atoms with Crippen molar-refractivity contribution in [2.75, 3.05) is 0 Å². The van der Waals surface area contributed by atoms with E-state index >= 15 is 0 Å². The maximum absolute atomic E-state index is 5.01. The van der Waals surface area contributed by atoms with Gasteiger partial charge in [-0.3, -0.25) is 0 Å². The molecule has 0 bridgehead atoms. The maximum atomic E-state index is 5.01. The van der Waals surface area contributed by atoms with Crippen molar-refractivity contribution in [3.8, 4) is 22.3 Å². The van der Waals surface area contributed by atoms with Gasteiger partial charge >= 0.3 is 0 Å². The van der Waals surface area contributed by atoms with Crippen molar-refractivity contribution in [2.45, 2.75) is 13.8 Å². The van der Waals surface area contributed by atoms with Crippen LogP contribution in [0.1, 0.15) is 29.2 Å². The predicted octanol–water partition coefficient (Wildman–Crippen LogP) is 12.3. The van der Waals surface area contributed by atoms with Crippen LogP contribution in [0, 0.1) is 6.92 Å². The van der Waals surface area contributed by atoms with Crippen LogP contribution in [0.5, 0.6) is 0 Å². The van der Waals surface area contributed by atoms with Crippen molar-refractivity contribution >= 4 is 48.5 Å². The van der Waals surface area contributed by atoms with E-state index in [0.29, 0.717) is 0 Å². The maximum Gasteiger partial charge on any atom is 0.0712 e. The minimum absolute atomic E-state index is 0.746. The van der Waals surface area contributed by atoms with Crippen LogP contribution in [-0.4, -0.2) is 5.71 Å². The van der Waals surface area contributed by atoms with Crippen LogP contribution in [0.3, 0.4) is 0 Å². The Morgan fingerprint density at radius 2 is 1.22 bits per heavy atom. The number of aliphatic imine (C=N–C) groups is 1. The van der Waals surface area contributed by atoms with Gasteiger partial charge in [-0.1, -0.05) is 134 Å². The lowest BCUT2D eigenvalue weighted by molar-refractivity contribution is 1.40. The molecule has 0 N–H and O–H groups in total. The van der Waals surface area contributed by atoms with Crippen molar-refractivity contribution in [2.24, 2.45) is 4.99 Å². The first-order valence-corrected chi connectivity index (χ1v) is 16.1. The van der Waals surface area contributed by atoms with E-state index in [4.69, 9.17) is 4.99 Å². The number of allylic oxidation sites excluding steroid dienone is 2. The Kier molecular flexibility index (Phi) is 7.82. The summed E-state index contributed by atoms with van der Waals surface area (Å²) in [6.07, 6.45) is 2.18. The quantitative estimate of drug-likeness (QED) is 0.163. The Morgan fingerprint density at radius 3 is 1.98 bits per heavy atom. The molecule has 0 fully saturated rings. The molecule has 0 amide bonds. The Morgan fingerprint density at radius 1 is 0.600 bits per heavy atom. The zero-order chi connectivity index (χ0) is 30.8. The van der Waals surface area contributed by atoms with Gasteiger partial charge in [0.2, 0.25) is 0 Å². The summed E-state index contributed by atoms with van der Waals surface area (Å²) < 4.78 is 2.67. The summed E-state index contributed by atoms with van der Waals surface area (Å²) in [4.78, 5) is 5.01. The first-order valence-electron chi connectivity index (χ1n) is 15.2. The lowest BCUT2D eigenvalue weighted by atomic mass is 9.91. The van der Waals surface area contributed by atoms with Gasteiger partial charge in [0.15, 0.2) is 0 Å². The van der Waals surface area contributed by atoms with Crippen molar-refractivity contribution in [1.82, 2.24) is 0 Å². The largest absolute Gasteiger partial charge is 0.248 e. The molecule has 0 spiro atoms. The Hall–Kier alpha value is -5.31. The van der Waals surface area contributed by atoms with Crippen LogP contribution in [0.25, 0.3) is 53.7 Å². The van der Waals surface area contributed by atoms with Crippen LogP contribution < -0.4 is 0 Å². The van der Waals surface area contributed by atoms with E-state index in [1.54, 1.807) is 0 Å². The van der Waals surface area contributed by atoms with Gasteiger partial charge in [0.1, 0.15) is 0 Å². The molecule has 2 heteroatoms. The molecule has 0 aliphatic carbocycles. The number of fused-ring (bicyclic) bond motifs is 3. The summed E-state index contributed by atoms with van der Waals surface area (Å²) in [5.74, 6) is 0. The minimum atomic E-state index is 0.746. The molecule has 1 aromatic heterocycles. The second-order valence-electron chi connectivity index (χ2n) is 11.4. The number of hydrogen-bond acceptors (Lipinski definition) is 2. The summed E-state index contributed by atoms with van der Waals surface area (Å²) in [7, 11) is 0. The van der Waals surface area contributed by atoms with Crippen molar-refractivity contribution in [1.29, 1.82) is 0 Å². The lowest BCUT2D eigenvalue weighted by Crippen LogP contribution is -2.00. The van der Waals surface area contributed by atoms with E-state index in [1.165, 1.54) is 53.6 Å². The van der Waals surface area contributed by atoms with Gasteiger partial charge in [-0.05, 0) is 82.6 Å². The summed E-state index contributed by atoms with van der Waals surface area (Å²) >= 11 is 1.86. The molecule has 216 valence electrons. The fraction of sp³-hybridized carbons (Fsp3) is 0.0465. The molecule has 1 nitrogen and oxygen atoms in total. The van der Waals surface area contributed by atoms with Crippen LogP contribution in [-0.2, 0) is 0 Å². The topological polar surface area (TPSA) is 12.4 Å². The molecule has 1 heterocycles. The summed E-state index contributed by atoms with van der Waals surface area (Å²) in [6.45, 7) is 8.67. The zero-order valence-electron chi connectivity index (χ0n) is 25.5. The highest BCUT2D eigenvalue weighted by molar-refractivity contribution is 7.25. The second kappa shape index (κ2) is 12.4. The SMILES string of the molecule is C=C(/N=C(\C=C(/C)c1cccc(-c2ccc(-c3ccc4sc5ccccc5c4c3)cc2)c1C)c1ccccc1)c1ccccc1. The van der Waals surface area contributed by atoms with Crippen molar-refractivity contribution < 1.29 is 0 Å². The van der Waals surface area contributed by atoms with Crippen LogP contribution in [0.2, 0.25) is 0 Å². The number of benzene rings is 6. The van der Waals surface area contributed by atoms with Crippen molar-refractivity contribution in [3.63, 3.8) is 0 Å². The number of thiophene rings is 1. The van der Waals surface area contributed by atoms with E-state index in [2.05, 4.69) is 136 Å². The first kappa shape index (κ1) is 28.5. The molecule has 0 radical (unpaired) electrons. The van der Waals surface area contributed by atoms with E-state index in [1.807, 2.05) is 47.7 Å². The van der Waals surface area contributed by atoms with Crippen LogP contribution in [0.4, 0.5) is 0 Å². The molecular weight excluding hydrogens is 563 g/mol. The predicted molar refractivity (Wildman–Crippen MR) is 197 cm³/mol. The Labute approximate surface area is 269 Å². The number of rotatable bonds is 7. The minimum Gasteiger partial charge on any atom is -0.248 e. The third-order valence-corrected chi connectivity index (χ3v) is 9.60. The van der Waals surface area contributed by atoms with E-state index in [0.717, 1.165) is 28.1 Å². The first-order chi connectivity index (χ1) is 22.0. The highest BCUT2D eigenvalue weighted by Gasteiger charge is 2.11. The number of nitrogens with zero attached hydrogens (tertiary/aromatic N) is 1. The number of hydrogen-bond donors (Lipinski definition) is 0. The fourth-order valence-corrected chi connectivity index (χ4v) is 7.12. The molecule has 0 aliphatic rings. The highest BCUT2D eigenvalue weighted by Crippen LogP contribution is 2.37. The zero-order valence-corrected chi connectivity index (χ0v) is 26.3. The smallest absolute Gasteiger partial charge is 0.0712 e. The van der Waals surface area contributed by atoms with Gasteiger partial charge in [0.25, 0.3) is 0 Å². The molecule has 0 aliphatic heterocycles. The normalized spacial score (nSPS) is 12.1. The summed E-state index contributed by atoms with van der Waals surface area (Å²) in [5.41, 5.74) is 12.2. The van der Waals surface area contributed by atoms with Gasteiger partial charge in [0, 0.05) is 25.7 Å². The monoisotopic (exact) mass is 595 g/mol. The van der Waals surface area contributed by atoms with Crippen LogP contribution in [0.15, 0.2) is 163 Å². The molecule has 0 saturated carbocycles. The van der Waals surface area contributed by atoms with Crippen LogP contribution >= 0.6 is 11.3 Å². The van der Waals surface area contributed by atoms with Gasteiger partial charge in [-0.15, -0.1) is 11.3 Å². The standard InChI is InChI=1S/C43H33NS/c1-29(27-41(35-15-8-5-9-16-35)44-31(3)32-13-6-4-7-14-32)37-18-12-19-38(30(37)2)34-23-21-33(22-24-34)36-25-26-43-40(28-36)39-17-10-11-20-42(39)45-43/h4-28H,3H2,1-2H3/b29-27+,44-41+. The van der Waals surface area contributed by atoms with E-state index < -0.39 is 0 Å². The van der Waals surface area contributed by atoms with Gasteiger partial charge in [-0.25, -0.2) is 4.99 Å². The molecule has 7 aromatic rings. The van der Waals surface area contributed by atoms with Gasteiger partial charge in [0.05, 0.1) is 11.4 Å². The second-order valence-corrected chi connectivity index (χ2v) is 12.5. The van der Waals surface area contributed by atoms with Gasteiger partial charge in [-0.2, -0.15) is 0 Å². The van der Waals surface area contributed by atoms with E-state index in [9.17, 15) is 0 Å². The molecule has 0 unspecified atom stereocenters. The third kappa shape index (κ3) is 5.81.